The minimum absolute atomic E-state index is 0.0571. The van der Waals surface area contributed by atoms with Gasteiger partial charge in [-0.15, -0.1) is 0 Å². The lowest BCUT2D eigenvalue weighted by Crippen LogP contribution is -2.11. The fourth-order valence-electron chi connectivity index (χ4n) is 2.40. The molecule has 1 aliphatic carbocycles. The first-order valence-corrected chi connectivity index (χ1v) is 6.91. The van der Waals surface area contributed by atoms with E-state index in [9.17, 15) is 4.79 Å². The van der Waals surface area contributed by atoms with Crippen LogP contribution in [0.3, 0.4) is 0 Å². The van der Waals surface area contributed by atoms with Gasteiger partial charge in [0.25, 0.3) is 0 Å². The molecule has 98 valence electrons. The maximum absolute atomic E-state index is 11.2. The van der Waals surface area contributed by atoms with Crippen molar-refractivity contribution in [1.29, 1.82) is 0 Å². The van der Waals surface area contributed by atoms with Crippen LogP contribution in [-0.2, 0) is 4.79 Å². The molecule has 0 spiro atoms. The average molecular weight is 246 g/mol. The van der Waals surface area contributed by atoms with Gasteiger partial charge >= 0.3 is 0 Å². The summed E-state index contributed by atoms with van der Waals surface area (Å²) in [6.07, 6.45) is 6.00. The maximum atomic E-state index is 11.2. The second-order valence-electron chi connectivity index (χ2n) is 5.01. The van der Waals surface area contributed by atoms with Crippen LogP contribution in [0.15, 0.2) is 24.3 Å². The summed E-state index contributed by atoms with van der Waals surface area (Å²) in [6, 6.07) is 7.95. The van der Waals surface area contributed by atoms with Gasteiger partial charge in [-0.1, -0.05) is 19.8 Å². The zero-order valence-corrected chi connectivity index (χ0v) is 11.0. The number of amides is 1. The molecule has 2 rings (SSSR count). The molecule has 0 aliphatic heterocycles. The van der Waals surface area contributed by atoms with Crippen molar-refractivity contribution in [1.82, 2.24) is 0 Å². The Balaban J connectivity index is 1.81. The molecule has 0 bridgehead atoms. The van der Waals surface area contributed by atoms with Gasteiger partial charge in [-0.2, -0.15) is 0 Å². The number of anilines is 2. The van der Waals surface area contributed by atoms with Gasteiger partial charge in [0, 0.05) is 24.3 Å². The summed E-state index contributed by atoms with van der Waals surface area (Å²) in [4.78, 5) is 11.2. The van der Waals surface area contributed by atoms with E-state index in [1.807, 2.05) is 31.2 Å². The number of carbonyl (C=O) groups excluding carboxylic acids is 1. The lowest BCUT2D eigenvalue weighted by molar-refractivity contribution is -0.115. The van der Waals surface area contributed by atoms with Crippen molar-refractivity contribution in [3.63, 3.8) is 0 Å². The number of carbonyl (C=O) groups is 1. The molecule has 0 radical (unpaired) electrons. The van der Waals surface area contributed by atoms with E-state index in [1.54, 1.807) is 0 Å². The number of nitrogens with one attached hydrogen (secondary N) is 2. The molecule has 1 aromatic carbocycles. The molecular formula is C15H22N2O. The van der Waals surface area contributed by atoms with Crippen molar-refractivity contribution in [3.8, 4) is 0 Å². The summed E-state index contributed by atoms with van der Waals surface area (Å²) in [5.41, 5.74) is 2.00. The van der Waals surface area contributed by atoms with Crippen LogP contribution in [0.25, 0.3) is 0 Å². The molecule has 0 unspecified atom stereocenters. The Kier molecular flexibility index (Phi) is 4.62. The van der Waals surface area contributed by atoms with Crippen molar-refractivity contribution in [2.75, 3.05) is 17.2 Å². The number of hydrogen-bond donors (Lipinski definition) is 2. The summed E-state index contributed by atoms with van der Waals surface area (Å²) in [6.45, 7) is 2.92. The van der Waals surface area contributed by atoms with Crippen LogP contribution in [0.1, 0.15) is 39.0 Å². The molecule has 2 N–H and O–H groups in total. The first-order chi connectivity index (χ1) is 8.78. The van der Waals surface area contributed by atoms with E-state index in [0.717, 1.165) is 23.8 Å². The zero-order valence-electron chi connectivity index (χ0n) is 11.0. The van der Waals surface area contributed by atoms with Gasteiger partial charge in [-0.05, 0) is 43.0 Å². The summed E-state index contributed by atoms with van der Waals surface area (Å²) in [7, 11) is 0. The quantitative estimate of drug-likeness (QED) is 0.832. The van der Waals surface area contributed by atoms with E-state index >= 15 is 0 Å². The largest absolute Gasteiger partial charge is 0.385 e. The van der Waals surface area contributed by atoms with Crippen molar-refractivity contribution in [2.45, 2.75) is 39.0 Å². The van der Waals surface area contributed by atoms with E-state index in [-0.39, 0.29) is 5.91 Å². The Labute approximate surface area is 109 Å². The standard InChI is InChI=1S/C15H22N2O/c1-2-15(18)17-14-9-7-13(8-10-14)16-11-12-5-3-4-6-12/h7-10,12,16H,2-6,11H2,1H3,(H,17,18). The summed E-state index contributed by atoms with van der Waals surface area (Å²) in [5.74, 6) is 0.895. The Morgan fingerprint density at radius 1 is 1.17 bits per heavy atom. The summed E-state index contributed by atoms with van der Waals surface area (Å²) in [5, 5.41) is 6.32. The first-order valence-electron chi connectivity index (χ1n) is 6.91. The molecule has 0 heterocycles. The van der Waals surface area contributed by atoms with Gasteiger partial charge in [-0.3, -0.25) is 4.79 Å². The molecule has 0 aromatic heterocycles. The topological polar surface area (TPSA) is 41.1 Å². The number of rotatable bonds is 5. The van der Waals surface area contributed by atoms with Crippen LogP contribution in [-0.4, -0.2) is 12.5 Å². The van der Waals surface area contributed by atoms with Crippen molar-refractivity contribution in [3.05, 3.63) is 24.3 Å². The Bertz CT molecular complexity index is 380. The molecule has 1 aromatic rings. The molecule has 3 nitrogen and oxygen atoms in total. The number of hydrogen-bond acceptors (Lipinski definition) is 2. The highest BCUT2D eigenvalue weighted by Crippen LogP contribution is 2.25. The van der Waals surface area contributed by atoms with Crippen LogP contribution in [0.5, 0.6) is 0 Å². The highest BCUT2D eigenvalue weighted by molar-refractivity contribution is 5.90. The van der Waals surface area contributed by atoms with E-state index in [0.29, 0.717) is 6.42 Å². The molecule has 0 saturated heterocycles. The molecule has 1 amide bonds. The second kappa shape index (κ2) is 6.43. The SMILES string of the molecule is CCC(=O)Nc1ccc(NCC2CCCC2)cc1. The molecule has 3 heteroatoms. The minimum atomic E-state index is 0.0571. The Morgan fingerprint density at radius 3 is 2.39 bits per heavy atom. The Hall–Kier alpha value is -1.51. The van der Waals surface area contributed by atoms with Gasteiger partial charge in [0.2, 0.25) is 5.91 Å². The maximum Gasteiger partial charge on any atom is 0.224 e. The van der Waals surface area contributed by atoms with Gasteiger partial charge in [0.05, 0.1) is 0 Å². The van der Waals surface area contributed by atoms with Crippen LogP contribution in [0, 0.1) is 5.92 Å². The third-order valence-electron chi connectivity index (χ3n) is 3.56. The second-order valence-corrected chi connectivity index (χ2v) is 5.01. The number of benzene rings is 1. The zero-order chi connectivity index (χ0) is 12.8. The minimum Gasteiger partial charge on any atom is -0.385 e. The van der Waals surface area contributed by atoms with Gasteiger partial charge in [0.15, 0.2) is 0 Å². The summed E-state index contributed by atoms with van der Waals surface area (Å²) >= 11 is 0. The monoisotopic (exact) mass is 246 g/mol. The lowest BCUT2D eigenvalue weighted by Gasteiger charge is -2.12. The van der Waals surface area contributed by atoms with E-state index < -0.39 is 0 Å². The van der Waals surface area contributed by atoms with Crippen LogP contribution < -0.4 is 10.6 Å². The molecule has 0 atom stereocenters. The normalized spacial score (nSPS) is 15.6. The molecule has 1 aliphatic rings. The van der Waals surface area contributed by atoms with Crippen LogP contribution >= 0.6 is 0 Å². The highest BCUT2D eigenvalue weighted by Gasteiger charge is 2.14. The van der Waals surface area contributed by atoms with Gasteiger partial charge < -0.3 is 10.6 Å². The van der Waals surface area contributed by atoms with Gasteiger partial charge in [0.1, 0.15) is 0 Å². The molecule has 1 fully saturated rings. The molecular weight excluding hydrogens is 224 g/mol. The molecule has 18 heavy (non-hydrogen) atoms. The Morgan fingerprint density at radius 2 is 1.78 bits per heavy atom. The predicted molar refractivity (Wildman–Crippen MR) is 75.8 cm³/mol. The summed E-state index contributed by atoms with van der Waals surface area (Å²) < 4.78 is 0. The van der Waals surface area contributed by atoms with Crippen molar-refractivity contribution < 1.29 is 4.79 Å². The highest BCUT2D eigenvalue weighted by atomic mass is 16.1. The smallest absolute Gasteiger partial charge is 0.224 e. The van der Waals surface area contributed by atoms with E-state index in [2.05, 4.69) is 10.6 Å². The third-order valence-corrected chi connectivity index (χ3v) is 3.56. The van der Waals surface area contributed by atoms with Gasteiger partial charge in [-0.25, -0.2) is 0 Å². The van der Waals surface area contributed by atoms with Crippen LogP contribution in [0.4, 0.5) is 11.4 Å². The van der Waals surface area contributed by atoms with Crippen LogP contribution in [0.2, 0.25) is 0 Å². The predicted octanol–water partition coefficient (Wildman–Crippen LogP) is 3.64. The fraction of sp³-hybridized carbons (Fsp3) is 0.533. The van der Waals surface area contributed by atoms with E-state index in [1.165, 1.54) is 25.7 Å². The first kappa shape index (κ1) is 12.9. The molecule has 1 saturated carbocycles. The third kappa shape index (κ3) is 3.76. The van der Waals surface area contributed by atoms with E-state index in [4.69, 9.17) is 0 Å². The fourth-order valence-corrected chi connectivity index (χ4v) is 2.40. The average Bonchev–Trinajstić information content (AvgIpc) is 2.91. The van der Waals surface area contributed by atoms with Crippen molar-refractivity contribution in [2.24, 2.45) is 5.92 Å². The lowest BCUT2D eigenvalue weighted by atomic mass is 10.1. The van der Waals surface area contributed by atoms with Crippen molar-refractivity contribution >= 4 is 17.3 Å².